The first-order valence-electron chi connectivity index (χ1n) is 5.83. The summed E-state index contributed by atoms with van der Waals surface area (Å²) in [5.41, 5.74) is 2.01. The van der Waals surface area contributed by atoms with Crippen molar-refractivity contribution in [3.8, 4) is 0 Å². The van der Waals surface area contributed by atoms with Crippen LogP contribution in [-0.4, -0.2) is 18.2 Å². The van der Waals surface area contributed by atoms with Crippen LogP contribution in [0.5, 0.6) is 0 Å². The van der Waals surface area contributed by atoms with Crippen LogP contribution in [0.3, 0.4) is 0 Å². The average molecular weight is 240 g/mol. The van der Waals surface area contributed by atoms with Gasteiger partial charge < -0.3 is 10.4 Å². The fourth-order valence-corrected chi connectivity index (χ4v) is 2.39. The predicted octanol–water partition coefficient (Wildman–Crippen LogP) is 2.68. The van der Waals surface area contributed by atoms with Crippen molar-refractivity contribution in [2.24, 2.45) is 5.92 Å². The first kappa shape index (κ1) is 11.9. The van der Waals surface area contributed by atoms with Gasteiger partial charge in [0.2, 0.25) is 0 Å². The maximum Gasteiger partial charge on any atom is 0.0830 e. The van der Waals surface area contributed by atoms with Gasteiger partial charge in [-0.05, 0) is 43.5 Å². The topological polar surface area (TPSA) is 32.3 Å². The number of hydrogen-bond acceptors (Lipinski definition) is 2. The molecule has 2 atom stereocenters. The van der Waals surface area contributed by atoms with E-state index in [1.54, 1.807) is 0 Å². The summed E-state index contributed by atoms with van der Waals surface area (Å²) < 4.78 is 0. The van der Waals surface area contributed by atoms with Gasteiger partial charge in [-0.2, -0.15) is 0 Å². The SMILES string of the molecule is Cc1cc(C(O)C2CCCNC2)ccc1Cl. The highest BCUT2D eigenvalue weighted by Gasteiger charge is 2.22. The lowest BCUT2D eigenvalue weighted by atomic mass is 9.89. The van der Waals surface area contributed by atoms with Crippen molar-refractivity contribution >= 4 is 11.6 Å². The van der Waals surface area contributed by atoms with Crippen LogP contribution >= 0.6 is 11.6 Å². The minimum absolute atomic E-state index is 0.328. The Bertz CT molecular complexity index is 361. The van der Waals surface area contributed by atoms with Gasteiger partial charge in [-0.1, -0.05) is 23.7 Å². The molecule has 0 aromatic heterocycles. The Balaban J connectivity index is 2.12. The second-order valence-corrected chi connectivity index (χ2v) is 4.97. The van der Waals surface area contributed by atoms with E-state index in [0.717, 1.165) is 42.1 Å². The lowest BCUT2D eigenvalue weighted by molar-refractivity contribution is 0.0921. The van der Waals surface area contributed by atoms with E-state index in [2.05, 4.69) is 5.32 Å². The largest absolute Gasteiger partial charge is 0.388 e. The summed E-state index contributed by atoms with van der Waals surface area (Å²) in [7, 11) is 0. The van der Waals surface area contributed by atoms with E-state index in [-0.39, 0.29) is 6.10 Å². The molecule has 3 heteroatoms. The monoisotopic (exact) mass is 239 g/mol. The summed E-state index contributed by atoms with van der Waals surface area (Å²) >= 11 is 5.98. The van der Waals surface area contributed by atoms with Crippen molar-refractivity contribution in [1.82, 2.24) is 5.32 Å². The summed E-state index contributed by atoms with van der Waals surface area (Å²) in [4.78, 5) is 0. The van der Waals surface area contributed by atoms with Crippen molar-refractivity contribution < 1.29 is 5.11 Å². The molecule has 0 spiro atoms. The highest BCUT2D eigenvalue weighted by Crippen LogP contribution is 2.29. The first-order chi connectivity index (χ1) is 7.68. The molecular formula is C13H18ClNO. The number of nitrogens with one attached hydrogen (secondary N) is 1. The molecule has 1 saturated heterocycles. The quantitative estimate of drug-likeness (QED) is 0.832. The Morgan fingerprint density at radius 3 is 2.94 bits per heavy atom. The van der Waals surface area contributed by atoms with Gasteiger partial charge in [0.15, 0.2) is 0 Å². The van der Waals surface area contributed by atoms with Crippen molar-refractivity contribution in [2.75, 3.05) is 13.1 Å². The summed E-state index contributed by atoms with van der Waals surface area (Å²) in [5, 5.41) is 14.4. The minimum atomic E-state index is -0.372. The van der Waals surface area contributed by atoms with Gasteiger partial charge in [0.25, 0.3) is 0 Å². The zero-order valence-corrected chi connectivity index (χ0v) is 10.3. The molecule has 0 amide bonds. The van der Waals surface area contributed by atoms with Crippen LogP contribution in [0.15, 0.2) is 18.2 Å². The number of aliphatic hydroxyl groups excluding tert-OH is 1. The Kier molecular flexibility index (Phi) is 3.85. The fourth-order valence-electron chi connectivity index (χ4n) is 2.27. The molecule has 2 unspecified atom stereocenters. The molecule has 1 aromatic carbocycles. The van der Waals surface area contributed by atoms with Crippen LogP contribution < -0.4 is 5.32 Å². The Morgan fingerprint density at radius 2 is 2.31 bits per heavy atom. The fraction of sp³-hybridized carbons (Fsp3) is 0.538. The first-order valence-corrected chi connectivity index (χ1v) is 6.21. The Labute approximate surface area is 102 Å². The van der Waals surface area contributed by atoms with Gasteiger partial charge >= 0.3 is 0 Å². The van der Waals surface area contributed by atoms with Gasteiger partial charge in [0, 0.05) is 17.5 Å². The zero-order chi connectivity index (χ0) is 11.5. The molecule has 1 heterocycles. The normalized spacial score (nSPS) is 23.1. The maximum absolute atomic E-state index is 10.3. The molecular weight excluding hydrogens is 222 g/mol. The number of hydrogen-bond donors (Lipinski definition) is 2. The van der Waals surface area contributed by atoms with Gasteiger partial charge in [0.05, 0.1) is 6.10 Å². The van der Waals surface area contributed by atoms with Crippen molar-refractivity contribution in [3.63, 3.8) is 0 Å². The highest BCUT2D eigenvalue weighted by molar-refractivity contribution is 6.31. The summed E-state index contributed by atoms with van der Waals surface area (Å²) in [6.45, 7) is 3.95. The van der Waals surface area contributed by atoms with Crippen molar-refractivity contribution in [3.05, 3.63) is 34.3 Å². The summed E-state index contributed by atoms with van der Waals surface area (Å²) in [6.07, 6.45) is 1.87. The second kappa shape index (κ2) is 5.17. The molecule has 1 aliphatic heterocycles. The third kappa shape index (κ3) is 2.57. The Hall–Kier alpha value is -0.570. The lowest BCUT2D eigenvalue weighted by Crippen LogP contribution is -2.33. The summed E-state index contributed by atoms with van der Waals surface area (Å²) in [5.74, 6) is 0.328. The minimum Gasteiger partial charge on any atom is -0.388 e. The van der Waals surface area contributed by atoms with E-state index in [4.69, 9.17) is 11.6 Å². The van der Waals surface area contributed by atoms with Crippen LogP contribution in [0.4, 0.5) is 0 Å². The van der Waals surface area contributed by atoms with E-state index in [0.29, 0.717) is 5.92 Å². The highest BCUT2D eigenvalue weighted by atomic mass is 35.5. The maximum atomic E-state index is 10.3. The van der Waals surface area contributed by atoms with Crippen LogP contribution in [0.2, 0.25) is 5.02 Å². The van der Waals surface area contributed by atoms with Crippen molar-refractivity contribution in [1.29, 1.82) is 0 Å². The molecule has 0 aliphatic carbocycles. The van der Waals surface area contributed by atoms with Gasteiger partial charge in [-0.3, -0.25) is 0 Å². The molecule has 2 rings (SSSR count). The number of rotatable bonds is 2. The Morgan fingerprint density at radius 1 is 1.50 bits per heavy atom. The van der Waals surface area contributed by atoms with E-state index >= 15 is 0 Å². The predicted molar refractivity (Wildman–Crippen MR) is 66.7 cm³/mol. The number of halogens is 1. The third-order valence-corrected chi connectivity index (χ3v) is 3.73. The van der Waals surface area contributed by atoms with Crippen LogP contribution in [0, 0.1) is 12.8 Å². The van der Waals surface area contributed by atoms with E-state index in [9.17, 15) is 5.11 Å². The molecule has 1 fully saturated rings. The standard InChI is InChI=1S/C13H18ClNO/c1-9-7-10(4-5-12(9)14)13(16)11-3-2-6-15-8-11/h4-5,7,11,13,15-16H,2-3,6,8H2,1H3. The molecule has 0 bridgehead atoms. The average Bonchev–Trinajstić information content (AvgIpc) is 2.33. The van der Waals surface area contributed by atoms with Crippen LogP contribution in [0.25, 0.3) is 0 Å². The van der Waals surface area contributed by atoms with Gasteiger partial charge in [-0.25, -0.2) is 0 Å². The molecule has 88 valence electrons. The van der Waals surface area contributed by atoms with Gasteiger partial charge in [-0.15, -0.1) is 0 Å². The van der Waals surface area contributed by atoms with E-state index < -0.39 is 0 Å². The molecule has 0 saturated carbocycles. The number of aryl methyl sites for hydroxylation is 1. The van der Waals surface area contributed by atoms with Crippen LogP contribution in [0.1, 0.15) is 30.1 Å². The number of piperidine rings is 1. The number of aliphatic hydroxyl groups is 1. The van der Waals surface area contributed by atoms with Crippen molar-refractivity contribution in [2.45, 2.75) is 25.9 Å². The molecule has 2 nitrogen and oxygen atoms in total. The lowest BCUT2D eigenvalue weighted by Gasteiger charge is -2.27. The summed E-state index contributed by atoms with van der Waals surface area (Å²) in [6, 6.07) is 5.78. The molecule has 16 heavy (non-hydrogen) atoms. The van der Waals surface area contributed by atoms with Crippen LogP contribution in [-0.2, 0) is 0 Å². The van der Waals surface area contributed by atoms with Gasteiger partial charge in [0.1, 0.15) is 0 Å². The molecule has 0 radical (unpaired) electrons. The smallest absolute Gasteiger partial charge is 0.0830 e. The molecule has 1 aliphatic rings. The second-order valence-electron chi connectivity index (χ2n) is 4.56. The zero-order valence-electron chi connectivity index (χ0n) is 9.54. The third-order valence-electron chi connectivity index (χ3n) is 3.31. The van der Waals surface area contributed by atoms with E-state index in [1.807, 2.05) is 25.1 Å². The number of benzene rings is 1. The molecule has 1 aromatic rings. The molecule has 2 N–H and O–H groups in total. The van der Waals surface area contributed by atoms with E-state index in [1.165, 1.54) is 0 Å².